The molecule has 98 valence electrons. The van der Waals surface area contributed by atoms with Gasteiger partial charge in [-0.3, -0.25) is 4.79 Å². The number of rotatable bonds is 1. The highest BCUT2D eigenvalue weighted by molar-refractivity contribution is 5.90. The summed E-state index contributed by atoms with van der Waals surface area (Å²) in [7, 11) is 0. The molecule has 6 nitrogen and oxygen atoms in total. The van der Waals surface area contributed by atoms with Crippen molar-refractivity contribution in [1.82, 2.24) is 25.5 Å². The van der Waals surface area contributed by atoms with Gasteiger partial charge in [0.25, 0.3) is 11.7 Å². The van der Waals surface area contributed by atoms with Crippen molar-refractivity contribution in [3.05, 3.63) is 5.82 Å². The molecule has 2 fully saturated rings. The topological polar surface area (TPSA) is 74.8 Å². The van der Waals surface area contributed by atoms with E-state index in [1.807, 2.05) is 4.90 Å². The molecule has 2 aliphatic rings. The van der Waals surface area contributed by atoms with E-state index >= 15 is 0 Å². The molecule has 1 amide bonds. The van der Waals surface area contributed by atoms with Gasteiger partial charge in [0.2, 0.25) is 0 Å². The second-order valence-corrected chi connectivity index (χ2v) is 6.88. The van der Waals surface area contributed by atoms with Crippen LogP contribution in [0.4, 0.5) is 0 Å². The molecule has 0 radical (unpaired) electrons. The first-order valence-corrected chi connectivity index (χ1v) is 6.43. The Morgan fingerprint density at radius 3 is 2.83 bits per heavy atom. The second kappa shape index (κ2) is 3.52. The minimum absolute atomic E-state index is 0.0878. The molecule has 1 aliphatic heterocycles. The molecular weight excluding hydrogens is 230 g/mol. The predicted octanol–water partition coefficient (Wildman–Crippen LogP) is 1.24. The van der Waals surface area contributed by atoms with Crippen LogP contribution in [0.25, 0.3) is 0 Å². The highest BCUT2D eigenvalue weighted by Crippen LogP contribution is 2.52. The number of tetrazole rings is 1. The number of fused-ring (bicyclic) bond motifs is 2. The number of hydrogen-bond acceptors (Lipinski definition) is 4. The van der Waals surface area contributed by atoms with Crippen LogP contribution in [0.2, 0.25) is 0 Å². The van der Waals surface area contributed by atoms with Crippen molar-refractivity contribution in [3.63, 3.8) is 0 Å². The molecule has 18 heavy (non-hydrogen) atoms. The molecule has 2 unspecified atom stereocenters. The molecule has 2 bridgehead atoms. The van der Waals surface area contributed by atoms with Gasteiger partial charge in [0.05, 0.1) is 0 Å². The first-order valence-electron chi connectivity index (χ1n) is 6.43. The van der Waals surface area contributed by atoms with Gasteiger partial charge in [0, 0.05) is 12.6 Å². The van der Waals surface area contributed by atoms with Crippen LogP contribution in [0, 0.1) is 10.8 Å². The molecule has 0 aromatic carbocycles. The fourth-order valence-corrected chi connectivity index (χ4v) is 4.08. The van der Waals surface area contributed by atoms with Crippen molar-refractivity contribution >= 4 is 5.91 Å². The zero-order valence-electron chi connectivity index (χ0n) is 11.1. The van der Waals surface area contributed by atoms with Crippen molar-refractivity contribution in [2.45, 2.75) is 46.1 Å². The van der Waals surface area contributed by atoms with Gasteiger partial charge < -0.3 is 4.90 Å². The van der Waals surface area contributed by atoms with Crippen molar-refractivity contribution in [1.29, 1.82) is 0 Å². The van der Waals surface area contributed by atoms with Gasteiger partial charge >= 0.3 is 0 Å². The maximum absolute atomic E-state index is 12.3. The average molecular weight is 249 g/mol. The largest absolute Gasteiger partial charge is 0.332 e. The van der Waals surface area contributed by atoms with Crippen molar-refractivity contribution in [2.24, 2.45) is 10.8 Å². The van der Waals surface area contributed by atoms with Crippen LogP contribution in [-0.4, -0.2) is 44.0 Å². The van der Waals surface area contributed by atoms with E-state index in [0.717, 1.165) is 19.4 Å². The maximum atomic E-state index is 12.3. The molecule has 6 heteroatoms. The number of carbonyl (C=O) groups excluding carboxylic acids is 1. The summed E-state index contributed by atoms with van der Waals surface area (Å²) in [4.78, 5) is 14.3. The number of nitrogens with one attached hydrogen (secondary N) is 1. The number of aromatic amines is 1. The smallest absolute Gasteiger partial charge is 0.295 e. The summed E-state index contributed by atoms with van der Waals surface area (Å²) in [6, 6.07) is 0.324. The lowest BCUT2D eigenvalue weighted by atomic mass is 9.65. The number of aromatic nitrogens is 4. The SMILES string of the molecule is CC1(C)CC2CC(C)(CN2C(=O)c2nn[nH]n2)C1. The number of carbonyl (C=O) groups is 1. The van der Waals surface area contributed by atoms with Gasteiger partial charge in [0.15, 0.2) is 0 Å². The molecule has 1 saturated carbocycles. The van der Waals surface area contributed by atoms with E-state index in [1.165, 1.54) is 6.42 Å². The van der Waals surface area contributed by atoms with Gasteiger partial charge in [-0.05, 0) is 35.3 Å². The Hall–Kier alpha value is -1.46. The Bertz CT molecular complexity index is 469. The van der Waals surface area contributed by atoms with Crippen LogP contribution >= 0.6 is 0 Å². The Morgan fingerprint density at radius 1 is 1.39 bits per heavy atom. The number of amides is 1. The van der Waals surface area contributed by atoms with E-state index in [2.05, 4.69) is 41.4 Å². The van der Waals surface area contributed by atoms with Gasteiger partial charge in [-0.25, -0.2) is 0 Å². The molecule has 1 N–H and O–H groups in total. The van der Waals surface area contributed by atoms with E-state index in [9.17, 15) is 4.79 Å². The Morgan fingerprint density at radius 2 is 2.17 bits per heavy atom. The summed E-state index contributed by atoms with van der Waals surface area (Å²) in [6.07, 6.45) is 3.33. The van der Waals surface area contributed by atoms with Gasteiger partial charge in [0.1, 0.15) is 0 Å². The van der Waals surface area contributed by atoms with Crippen LogP contribution in [0.5, 0.6) is 0 Å². The van der Waals surface area contributed by atoms with Crippen LogP contribution in [0.1, 0.15) is 50.7 Å². The third-order valence-corrected chi connectivity index (χ3v) is 4.21. The van der Waals surface area contributed by atoms with Gasteiger partial charge in [-0.1, -0.05) is 20.8 Å². The quantitative estimate of drug-likeness (QED) is 0.812. The molecule has 3 rings (SSSR count). The lowest BCUT2D eigenvalue weighted by molar-refractivity contribution is 0.0696. The minimum Gasteiger partial charge on any atom is -0.332 e. The first kappa shape index (κ1) is 11.6. The number of H-pyrrole nitrogens is 1. The first-order chi connectivity index (χ1) is 8.39. The van der Waals surface area contributed by atoms with Crippen LogP contribution in [0.15, 0.2) is 0 Å². The lowest BCUT2D eigenvalue weighted by Crippen LogP contribution is -2.38. The summed E-state index contributed by atoms with van der Waals surface area (Å²) in [5, 5.41) is 13.4. The third-order valence-electron chi connectivity index (χ3n) is 4.21. The molecule has 0 spiro atoms. The van der Waals surface area contributed by atoms with Crippen molar-refractivity contribution < 1.29 is 4.79 Å². The number of hydrogen-bond donors (Lipinski definition) is 1. The van der Waals surface area contributed by atoms with E-state index in [0.29, 0.717) is 11.5 Å². The molecule has 2 atom stereocenters. The Labute approximate surface area is 106 Å². The highest BCUT2D eigenvalue weighted by Gasteiger charge is 2.51. The summed E-state index contributed by atoms with van der Waals surface area (Å²) in [5.41, 5.74) is 0.551. The van der Waals surface area contributed by atoms with E-state index < -0.39 is 0 Å². The normalized spacial score (nSPS) is 33.7. The van der Waals surface area contributed by atoms with Crippen LogP contribution < -0.4 is 0 Å². The van der Waals surface area contributed by atoms with Crippen LogP contribution in [0.3, 0.4) is 0 Å². The van der Waals surface area contributed by atoms with E-state index in [1.54, 1.807) is 0 Å². The molecular formula is C12H19N5O. The predicted molar refractivity (Wildman–Crippen MR) is 64.7 cm³/mol. The minimum atomic E-state index is -0.0878. The summed E-state index contributed by atoms with van der Waals surface area (Å²) < 4.78 is 0. The average Bonchev–Trinajstić information content (AvgIpc) is 2.82. The molecule has 2 heterocycles. The number of likely N-dealkylation sites (tertiary alicyclic amines) is 1. The second-order valence-electron chi connectivity index (χ2n) is 6.88. The highest BCUT2D eigenvalue weighted by atomic mass is 16.2. The molecule has 1 aliphatic carbocycles. The Kier molecular flexibility index (Phi) is 2.27. The fourth-order valence-electron chi connectivity index (χ4n) is 4.08. The molecule has 1 aromatic rings. The van der Waals surface area contributed by atoms with Crippen molar-refractivity contribution in [2.75, 3.05) is 6.54 Å². The summed E-state index contributed by atoms with van der Waals surface area (Å²) >= 11 is 0. The van der Waals surface area contributed by atoms with Gasteiger partial charge in [-0.2, -0.15) is 5.21 Å². The van der Waals surface area contributed by atoms with Gasteiger partial charge in [-0.15, -0.1) is 10.2 Å². The lowest BCUT2D eigenvalue weighted by Gasteiger charge is -2.39. The zero-order chi connectivity index (χ0) is 13.0. The summed E-state index contributed by atoms with van der Waals surface area (Å²) in [5.74, 6) is 0.0964. The maximum Gasteiger partial charge on any atom is 0.295 e. The van der Waals surface area contributed by atoms with E-state index in [4.69, 9.17) is 0 Å². The third kappa shape index (κ3) is 1.79. The molecule has 1 aromatic heterocycles. The van der Waals surface area contributed by atoms with Crippen molar-refractivity contribution in [3.8, 4) is 0 Å². The zero-order valence-corrected chi connectivity index (χ0v) is 11.1. The Balaban J connectivity index is 1.86. The fraction of sp³-hybridized carbons (Fsp3) is 0.833. The van der Waals surface area contributed by atoms with Crippen LogP contribution in [-0.2, 0) is 0 Å². The molecule has 1 saturated heterocycles. The standard InChI is InChI=1S/C12H19N5O/c1-11(2)4-8-5-12(3,6-11)7-17(8)10(18)9-13-15-16-14-9/h8H,4-7H2,1-3H3,(H,13,14,15,16). The monoisotopic (exact) mass is 249 g/mol. The number of nitrogens with zero attached hydrogens (tertiary/aromatic N) is 4. The summed E-state index contributed by atoms with van der Waals surface area (Å²) in [6.45, 7) is 7.68. The van der Waals surface area contributed by atoms with E-state index in [-0.39, 0.29) is 17.1 Å².